The first kappa shape index (κ1) is 17.9. The molecule has 1 unspecified atom stereocenters. The molecular weight excluding hydrogens is 412 g/mol. The summed E-state index contributed by atoms with van der Waals surface area (Å²) in [5, 5.41) is 22.7. The Balaban J connectivity index is 2.88. The van der Waals surface area contributed by atoms with Crippen molar-refractivity contribution < 1.29 is 19.6 Å². The maximum absolute atomic E-state index is 11.1. The average Bonchev–Trinajstić information content (AvgIpc) is 2.35. The van der Waals surface area contributed by atoms with Gasteiger partial charge in [-0.15, -0.1) is 0 Å². The predicted molar refractivity (Wildman–Crippen MR) is 83.7 cm³/mol. The van der Waals surface area contributed by atoms with Crippen LogP contribution in [0.25, 0.3) is 0 Å². The lowest BCUT2D eigenvalue weighted by Gasteiger charge is -2.18. The third-order valence-electron chi connectivity index (χ3n) is 2.42. The molecule has 0 saturated carbocycles. The Morgan fingerprint density at radius 2 is 1.95 bits per heavy atom. The zero-order valence-corrected chi connectivity index (χ0v) is 14.5. The molecule has 0 radical (unpaired) electrons. The highest BCUT2D eigenvalue weighted by atomic mass is 79.9. The lowest BCUT2D eigenvalue weighted by molar-refractivity contribution is -0.385. The van der Waals surface area contributed by atoms with Crippen LogP contribution in [0.2, 0.25) is 0 Å². The molecule has 1 rings (SSSR count). The van der Waals surface area contributed by atoms with Gasteiger partial charge in [-0.3, -0.25) is 20.2 Å². The van der Waals surface area contributed by atoms with Crippen molar-refractivity contribution in [1.82, 2.24) is 5.32 Å². The van der Waals surface area contributed by atoms with Crippen molar-refractivity contribution in [2.24, 2.45) is 0 Å². The first-order valence-corrected chi connectivity index (χ1v) is 7.56. The van der Waals surface area contributed by atoms with Crippen molar-refractivity contribution in [2.75, 3.05) is 6.61 Å². The summed E-state index contributed by atoms with van der Waals surface area (Å²) in [7, 11) is 0. The number of hydrogen-bond acceptors (Lipinski definition) is 5. The quantitative estimate of drug-likeness (QED) is 0.514. The zero-order valence-electron chi connectivity index (χ0n) is 11.3. The molecule has 1 atom stereocenters. The lowest BCUT2D eigenvalue weighted by Crippen LogP contribution is -2.44. The number of nitro groups is 1. The molecule has 0 heterocycles. The first-order valence-electron chi connectivity index (χ1n) is 5.97. The number of nitro benzene ring substituents is 1. The van der Waals surface area contributed by atoms with E-state index in [0.29, 0.717) is 14.7 Å². The molecular formula is C12H14Br2N2O5. The molecule has 0 bridgehead atoms. The number of carboxylic acids is 1. The number of aliphatic carboxylic acids is 1. The number of carbonyl (C=O) groups is 1. The molecule has 0 amide bonds. The second-order valence-corrected chi connectivity index (χ2v) is 6.23. The number of hydrogen-bond donors (Lipinski definition) is 2. The van der Waals surface area contributed by atoms with Gasteiger partial charge in [-0.25, -0.2) is 0 Å². The fourth-order valence-corrected chi connectivity index (χ4v) is 2.94. The SMILES string of the molecule is CC(C)NC(COc1c(Br)cc([N+](=O)[O-])cc1Br)C(=O)O. The van der Waals surface area contributed by atoms with Crippen molar-refractivity contribution in [1.29, 1.82) is 0 Å². The number of ether oxygens (including phenoxy) is 1. The van der Waals surface area contributed by atoms with Crippen molar-refractivity contribution in [2.45, 2.75) is 25.9 Å². The second kappa shape index (κ2) is 7.71. The van der Waals surface area contributed by atoms with Crippen molar-refractivity contribution in [3.05, 3.63) is 31.2 Å². The Kier molecular flexibility index (Phi) is 6.56. The number of non-ortho nitro benzene ring substituents is 1. The van der Waals surface area contributed by atoms with Gasteiger partial charge in [-0.1, -0.05) is 13.8 Å². The molecule has 116 valence electrons. The maximum atomic E-state index is 11.1. The van der Waals surface area contributed by atoms with E-state index in [-0.39, 0.29) is 18.3 Å². The Morgan fingerprint density at radius 1 is 1.43 bits per heavy atom. The standard InChI is InChI=1S/C12H14Br2N2O5/c1-6(2)15-10(12(17)18)5-21-11-8(13)3-7(16(19)20)4-9(11)14/h3-4,6,10,15H,5H2,1-2H3,(H,17,18). The summed E-state index contributed by atoms with van der Waals surface area (Å²) in [6.45, 7) is 3.55. The minimum Gasteiger partial charge on any atom is -0.489 e. The normalized spacial score (nSPS) is 12.2. The van der Waals surface area contributed by atoms with Crippen LogP contribution in [-0.2, 0) is 4.79 Å². The van der Waals surface area contributed by atoms with E-state index in [4.69, 9.17) is 9.84 Å². The molecule has 0 aliphatic rings. The number of halogens is 2. The summed E-state index contributed by atoms with van der Waals surface area (Å²) in [6.07, 6.45) is 0. The smallest absolute Gasteiger partial charge is 0.324 e. The average molecular weight is 426 g/mol. The van der Waals surface area contributed by atoms with E-state index in [1.165, 1.54) is 12.1 Å². The third kappa shape index (κ3) is 5.25. The van der Waals surface area contributed by atoms with Crippen LogP contribution in [0.3, 0.4) is 0 Å². The minimum absolute atomic E-state index is 0.0153. The molecule has 0 saturated heterocycles. The van der Waals surface area contributed by atoms with Crippen LogP contribution in [0.15, 0.2) is 21.1 Å². The molecule has 0 fully saturated rings. The van der Waals surface area contributed by atoms with Crippen molar-refractivity contribution in [3.63, 3.8) is 0 Å². The van der Waals surface area contributed by atoms with Crippen molar-refractivity contribution in [3.8, 4) is 5.75 Å². The van der Waals surface area contributed by atoms with Crippen LogP contribution < -0.4 is 10.1 Å². The number of rotatable bonds is 7. The van der Waals surface area contributed by atoms with E-state index in [2.05, 4.69) is 37.2 Å². The molecule has 21 heavy (non-hydrogen) atoms. The summed E-state index contributed by atoms with van der Waals surface area (Å²) in [5.41, 5.74) is -0.101. The summed E-state index contributed by atoms with van der Waals surface area (Å²) in [5.74, 6) is -0.713. The van der Waals surface area contributed by atoms with E-state index in [0.717, 1.165) is 0 Å². The van der Waals surface area contributed by atoms with Gasteiger partial charge in [0.05, 0.1) is 13.9 Å². The van der Waals surface area contributed by atoms with Gasteiger partial charge in [0.2, 0.25) is 0 Å². The molecule has 9 heteroatoms. The van der Waals surface area contributed by atoms with E-state index in [1.54, 1.807) is 0 Å². The topological polar surface area (TPSA) is 102 Å². The molecule has 1 aromatic rings. The predicted octanol–water partition coefficient (Wildman–Crippen LogP) is 2.95. The van der Waals surface area contributed by atoms with Gasteiger partial charge in [0.25, 0.3) is 5.69 Å². The zero-order chi connectivity index (χ0) is 16.2. The van der Waals surface area contributed by atoms with Crippen LogP contribution in [0, 0.1) is 10.1 Å². The largest absolute Gasteiger partial charge is 0.489 e. The summed E-state index contributed by atoms with van der Waals surface area (Å²) >= 11 is 6.35. The summed E-state index contributed by atoms with van der Waals surface area (Å²) in [6, 6.07) is 1.70. The number of nitrogens with one attached hydrogen (secondary N) is 1. The number of nitrogens with zero attached hydrogens (tertiary/aromatic N) is 1. The van der Waals surface area contributed by atoms with Crippen molar-refractivity contribution >= 4 is 43.5 Å². The van der Waals surface area contributed by atoms with Gasteiger partial charge in [-0.2, -0.15) is 0 Å². The number of carboxylic acid groups (broad SMARTS) is 1. The van der Waals surface area contributed by atoms with Crippen LogP contribution in [0.4, 0.5) is 5.69 Å². The van der Waals surface area contributed by atoms with Crippen LogP contribution >= 0.6 is 31.9 Å². The highest BCUT2D eigenvalue weighted by Gasteiger charge is 2.21. The van der Waals surface area contributed by atoms with Crippen LogP contribution in [-0.4, -0.2) is 34.7 Å². The third-order valence-corrected chi connectivity index (χ3v) is 3.60. The second-order valence-electron chi connectivity index (χ2n) is 4.52. The molecule has 1 aromatic carbocycles. The Hall–Kier alpha value is -1.19. The van der Waals surface area contributed by atoms with Gasteiger partial charge < -0.3 is 9.84 Å². The van der Waals surface area contributed by atoms with E-state index >= 15 is 0 Å². The van der Waals surface area contributed by atoms with Gasteiger partial charge in [0, 0.05) is 18.2 Å². The van der Waals surface area contributed by atoms with Gasteiger partial charge in [0.15, 0.2) is 0 Å². The molecule has 7 nitrogen and oxygen atoms in total. The lowest BCUT2D eigenvalue weighted by atomic mass is 10.2. The summed E-state index contributed by atoms with van der Waals surface area (Å²) in [4.78, 5) is 21.3. The molecule has 0 spiro atoms. The highest BCUT2D eigenvalue weighted by molar-refractivity contribution is 9.11. The molecule has 0 aliphatic heterocycles. The molecule has 0 aromatic heterocycles. The van der Waals surface area contributed by atoms with Crippen LogP contribution in [0.5, 0.6) is 5.75 Å². The Morgan fingerprint density at radius 3 is 2.33 bits per heavy atom. The maximum Gasteiger partial charge on any atom is 0.324 e. The fourth-order valence-electron chi connectivity index (χ4n) is 1.55. The minimum atomic E-state index is -1.03. The van der Waals surface area contributed by atoms with Crippen LogP contribution in [0.1, 0.15) is 13.8 Å². The van der Waals surface area contributed by atoms with Gasteiger partial charge in [-0.05, 0) is 31.9 Å². The van der Waals surface area contributed by atoms with E-state index < -0.39 is 16.9 Å². The van der Waals surface area contributed by atoms with E-state index in [9.17, 15) is 14.9 Å². The molecule has 0 aliphatic carbocycles. The fraction of sp³-hybridized carbons (Fsp3) is 0.417. The highest BCUT2D eigenvalue weighted by Crippen LogP contribution is 2.37. The summed E-state index contributed by atoms with van der Waals surface area (Å²) < 4.78 is 6.21. The van der Waals surface area contributed by atoms with Gasteiger partial charge >= 0.3 is 5.97 Å². The Bertz CT molecular complexity index is 527. The Labute approximate surface area is 138 Å². The van der Waals surface area contributed by atoms with Gasteiger partial charge in [0.1, 0.15) is 18.4 Å². The number of benzene rings is 1. The molecule has 2 N–H and O–H groups in total. The monoisotopic (exact) mass is 424 g/mol. The first-order chi connectivity index (χ1) is 9.72. The van der Waals surface area contributed by atoms with E-state index in [1.807, 2.05) is 13.8 Å².